The van der Waals surface area contributed by atoms with Gasteiger partial charge in [0.05, 0.1) is 16.5 Å². The van der Waals surface area contributed by atoms with Crippen LogP contribution in [0.4, 0.5) is 4.39 Å². The fourth-order valence-electron chi connectivity index (χ4n) is 1.80. The van der Waals surface area contributed by atoms with Crippen LogP contribution in [0.15, 0.2) is 12.3 Å². The number of rotatable bonds is 3. The lowest BCUT2D eigenvalue weighted by molar-refractivity contribution is 0.560. The summed E-state index contributed by atoms with van der Waals surface area (Å²) in [4.78, 5) is 3.92. The van der Waals surface area contributed by atoms with Crippen LogP contribution in [0.1, 0.15) is 11.3 Å². The van der Waals surface area contributed by atoms with E-state index in [9.17, 15) is 8.60 Å². The van der Waals surface area contributed by atoms with Crippen molar-refractivity contribution in [2.45, 2.75) is 12.7 Å². The molecule has 2 aromatic heterocycles. The van der Waals surface area contributed by atoms with Crippen molar-refractivity contribution in [2.75, 3.05) is 0 Å². The molecule has 0 radical (unpaired) electrons. The fraction of sp³-hybridized carbons (Fsp3) is 0.273. The fourth-order valence-corrected chi connectivity index (χ4v) is 2.58. The number of aryl methyl sites for hydroxylation is 1. The number of pyridine rings is 1. The first-order valence-corrected chi connectivity index (χ1v) is 6.97. The molecule has 1 atom stereocenters. The van der Waals surface area contributed by atoms with Gasteiger partial charge in [-0.3, -0.25) is 4.68 Å². The molecule has 19 heavy (non-hydrogen) atoms. The third kappa shape index (κ3) is 2.83. The van der Waals surface area contributed by atoms with Crippen LogP contribution in [-0.2, 0) is 23.9 Å². The molecule has 1 N–H and O–H groups in total. The molecule has 0 spiro atoms. The predicted molar refractivity (Wildman–Crippen MR) is 70.6 cm³/mol. The van der Waals surface area contributed by atoms with Crippen LogP contribution < -0.4 is 0 Å². The first kappa shape index (κ1) is 14.1. The number of hydrogen-bond donors (Lipinski definition) is 1. The number of aromatic nitrogens is 3. The predicted octanol–water partition coefficient (Wildman–Crippen LogP) is 2.30. The highest BCUT2D eigenvalue weighted by Gasteiger charge is 2.19. The van der Waals surface area contributed by atoms with Gasteiger partial charge in [0.1, 0.15) is 11.4 Å². The van der Waals surface area contributed by atoms with Gasteiger partial charge in [-0.05, 0) is 13.0 Å². The molecule has 0 bridgehead atoms. The Morgan fingerprint density at radius 2 is 2.21 bits per heavy atom. The van der Waals surface area contributed by atoms with Crippen molar-refractivity contribution in [1.29, 1.82) is 0 Å². The van der Waals surface area contributed by atoms with Crippen molar-refractivity contribution in [3.63, 3.8) is 0 Å². The van der Waals surface area contributed by atoms with E-state index in [4.69, 9.17) is 16.2 Å². The minimum atomic E-state index is -1.99. The van der Waals surface area contributed by atoms with Crippen LogP contribution >= 0.6 is 11.6 Å². The summed E-state index contributed by atoms with van der Waals surface area (Å²) in [6.07, 6.45) is 1.33. The third-order valence-electron chi connectivity index (χ3n) is 2.72. The summed E-state index contributed by atoms with van der Waals surface area (Å²) in [6, 6.07) is 1.15. The van der Waals surface area contributed by atoms with Crippen LogP contribution in [0.2, 0.25) is 5.02 Å². The minimum absolute atomic E-state index is 0.0649. The molecule has 0 aliphatic heterocycles. The molecule has 102 valence electrons. The third-order valence-corrected chi connectivity index (χ3v) is 3.45. The molecule has 0 saturated carbocycles. The van der Waals surface area contributed by atoms with Crippen molar-refractivity contribution in [3.8, 4) is 11.4 Å². The molecule has 0 saturated heterocycles. The smallest absolute Gasteiger partial charge is 0.158 e. The highest BCUT2D eigenvalue weighted by molar-refractivity contribution is 7.78. The van der Waals surface area contributed by atoms with E-state index in [-0.39, 0.29) is 16.5 Å². The van der Waals surface area contributed by atoms with E-state index in [0.29, 0.717) is 17.0 Å². The minimum Gasteiger partial charge on any atom is -0.306 e. The average Bonchev–Trinajstić information content (AvgIpc) is 2.57. The van der Waals surface area contributed by atoms with Gasteiger partial charge in [0.15, 0.2) is 16.9 Å². The average molecular weight is 304 g/mol. The molecule has 0 amide bonds. The number of halogens is 2. The molecule has 2 rings (SSSR count). The lowest BCUT2D eigenvalue weighted by Gasteiger charge is -2.01. The van der Waals surface area contributed by atoms with Gasteiger partial charge in [0.2, 0.25) is 0 Å². The van der Waals surface area contributed by atoms with Gasteiger partial charge in [-0.2, -0.15) is 5.10 Å². The van der Waals surface area contributed by atoms with E-state index in [0.717, 1.165) is 6.07 Å². The van der Waals surface area contributed by atoms with Gasteiger partial charge in [-0.25, -0.2) is 13.6 Å². The molecule has 0 aromatic carbocycles. The second-order valence-electron chi connectivity index (χ2n) is 3.99. The van der Waals surface area contributed by atoms with Crippen LogP contribution in [0.5, 0.6) is 0 Å². The second-order valence-corrected chi connectivity index (χ2v) is 5.36. The van der Waals surface area contributed by atoms with Gasteiger partial charge in [-0.15, -0.1) is 0 Å². The van der Waals surface area contributed by atoms with E-state index in [1.54, 1.807) is 14.0 Å². The second kappa shape index (κ2) is 5.36. The van der Waals surface area contributed by atoms with Crippen LogP contribution in [-0.4, -0.2) is 23.5 Å². The van der Waals surface area contributed by atoms with Crippen LogP contribution in [0.3, 0.4) is 0 Å². The molecule has 2 aromatic rings. The molecule has 5 nitrogen and oxygen atoms in total. The summed E-state index contributed by atoms with van der Waals surface area (Å²) < 4.78 is 35.1. The summed E-state index contributed by atoms with van der Waals surface area (Å²) in [5.74, 6) is -0.643. The maximum atomic E-state index is 13.8. The van der Waals surface area contributed by atoms with E-state index in [2.05, 4.69) is 10.1 Å². The van der Waals surface area contributed by atoms with Gasteiger partial charge in [0.25, 0.3) is 0 Å². The molecular weight excluding hydrogens is 293 g/mol. The van der Waals surface area contributed by atoms with Crippen LogP contribution in [0, 0.1) is 12.7 Å². The van der Waals surface area contributed by atoms with E-state index >= 15 is 0 Å². The van der Waals surface area contributed by atoms with Crippen molar-refractivity contribution in [2.24, 2.45) is 7.05 Å². The summed E-state index contributed by atoms with van der Waals surface area (Å²) >= 11 is 3.66. The number of hydrogen-bond acceptors (Lipinski definition) is 3. The largest absolute Gasteiger partial charge is 0.306 e. The lowest BCUT2D eigenvalue weighted by atomic mass is 10.1. The highest BCUT2D eigenvalue weighted by atomic mass is 35.5. The molecule has 1 unspecified atom stereocenters. The zero-order valence-electron chi connectivity index (χ0n) is 10.2. The summed E-state index contributed by atoms with van der Waals surface area (Å²) in [7, 11) is 1.63. The Morgan fingerprint density at radius 1 is 1.53 bits per heavy atom. The van der Waals surface area contributed by atoms with E-state index < -0.39 is 16.9 Å². The van der Waals surface area contributed by atoms with Gasteiger partial charge in [0, 0.05) is 18.8 Å². The molecule has 8 heteroatoms. The quantitative estimate of drug-likeness (QED) is 0.884. The Labute approximate surface area is 116 Å². The van der Waals surface area contributed by atoms with E-state index in [1.165, 1.54) is 10.9 Å². The first-order valence-electron chi connectivity index (χ1n) is 5.31. The summed E-state index contributed by atoms with van der Waals surface area (Å²) in [5.41, 5.74) is 1.61. The van der Waals surface area contributed by atoms with E-state index in [1.807, 2.05) is 0 Å². The SMILES string of the molecule is Cc1c(-c2ncc(Cl)cc2F)nn(C)c1CS(=O)O. The monoisotopic (exact) mass is 303 g/mol. The lowest BCUT2D eigenvalue weighted by Crippen LogP contribution is -2.02. The first-order chi connectivity index (χ1) is 8.90. The Morgan fingerprint density at radius 3 is 2.79 bits per heavy atom. The van der Waals surface area contributed by atoms with Crippen molar-refractivity contribution in [1.82, 2.24) is 14.8 Å². The Bertz CT molecular complexity index is 660. The van der Waals surface area contributed by atoms with Gasteiger partial charge in [-0.1, -0.05) is 11.6 Å². The topological polar surface area (TPSA) is 68.0 Å². The zero-order chi connectivity index (χ0) is 14.2. The summed E-state index contributed by atoms with van der Waals surface area (Å²) in [5, 5.41) is 4.35. The van der Waals surface area contributed by atoms with Crippen LogP contribution in [0.25, 0.3) is 11.4 Å². The highest BCUT2D eigenvalue weighted by Crippen LogP contribution is 2.26. The molecular formula is C11H11ClFN3O2S. The zero-order valence-corrected chi connectivity index (χ0v) is 11.8. The molecule has 0 fully saturated rings. The normalized spacial score (nSPS) is 12.7. The Balaban J connectivity index is 2.54. The van der Waals surface area contributed by atoms with Crippen molar-refractivity contribution in [3.05, 3.63) is 34.4 Å². The van der Waals surface area contributed by atoms with Gasteiger partial charge < -0.3 is 4.55 Å². The molecule has 0 aliphatic rings. The van der Waals surface area contributed by atoms with Crippen molar-refractivity contribution >= 4 is 22.7 Å². The Hall–Kier alpha value is -1.31. The molecule has 2 heterocycles. The standard InChI is InChI=1S/C11H11ClFN3O2S/c1-6-9(5-19(17)18)16(2)15-10(6)11-8(13)3-7(12)4-14-11/h3-4H,5H2,1-2H3,(H,17,18). The number of nitrogens with zero attached hydrogens (tertiary/aromatic N) is 3. The molecule has 0 aliphatic carbocycles. The Kier molecular flexibility index (Phi) is 3.98. The van der Waals surface area contributed by atoms with Crippen molar-refractivity contribution < 1.29 is 13.2 Å². The maximum absolute atomic E-state index is 13.8. The maximum Gasteiger partial charge on any atom is 0.158 e. The van der Waals surface area contributed by atoms with Gasteiger partial charge >= 0.3 is 0 Å². The summed E-state index contributed by atoms with van der Waals surface area (Å²) in [6.45, 7) is 1.71.